The van der Waals surface area contributed by atoms with E-state index in [4.69, 9.17) is 20.5 Å². The second-order valence-corrected chi connectivity index (χ2v) is 4.63. The van der Waals surface area contributed by atoms with Crippen molar-refractivity contribution in [2.75, 3.05) is 32.8 Å². The minimum atomic E-state index is -0.166. The Kier molecular flexibility index (Phi) is 5.62. The van der Waals surface area contributed by atoms with Crippen LogP contribution in [0.4, 0.5) is 0 Å². The van der Waals surface area contributed by atoms with Gasteiger partial charge in [-0.15, -0.1) is 0 Å². The van der Waals surface area contributed by atoms with Crippen LogP contribution in [0.1, 0.15) is 0 Å². The van der Waals surface area contributed by atoms with E-state index >= 15 is 0 Å². The van der Waals surface area contributed by atoms with Crippen molar-refractivity contribution in [1.82, 2.24) is 10.2 Å². The first kappa shape index (κ1) is 14.6. The van der Waals surface area contributed by atoms with Crippen LogP contribution in [-0.4, -0.2) is 44.0 Å². The van der Waals surface area contributed by atoms with Gasteiger partial charge < -0.3 is 25.4 Å². The molecule has 3 N–H and O–H groups in total. The average molecular weight is 276 g/mol. The van der Waals surface area contributed by atoms with Crippen molar-refractivity contribution in [3.63, 3.8) is 0 Å². The molecule has 0 aromatic heterocycles. The van der Waals surface area contributed by atoms with E-state index in [2.05, 4.69) is 11.4 Å². The van der Waals surface area contributed by atoms with Crippen LogP contribution in [0, 0.1) is 17.2 Å². The van der Waals surface area contributed by atoms with E-state index < -0.39 is 0 Å². The summed E-state index contributed by atoms with van der Waals surface area (Å²) < 4.78 is 10.6. The third-order valence-electron chi connectivity index (χ3n) is 2.96. The van der Waals surface area contributed by atoms with Crippen LogP contribution in [-0.2, 0) is 9.47 Å². The van der Waals surface area contributed by atoms with E-state index in [-0.39, 0.29) is 12.2 Å². The fourth-order valence-corrected chi connectivity index (χ4v) is 1.96. The second kappa shape index (κ2) is 7.70. The summed E-state index contributed by atoms with van der Waals surface area (Å²) in [6.45, 7) is 3.22. The third-order valence-corrected chi connectivity index (χ3v) is 2.96. The molecule has 2 aliphatic rings. The maximum absolute atomic E-state index is 8.86. The van der Waals surface area contributed by atoms with Crippen LogP contribution < -0.4 is 11.1 Å². The lowest BCUT2D eigenvalue weighted by atomic mass is 10.1. The number of nitriles is 1. The minimum Gasteiger partial charge on any atom is -0.400 e. The van der Waals surface area contributed by atoms with Crippen molar-refractivity contribution in [2.45, 2.75) is 6.29 Å². The van der Waals surface area contributed by atoms with Crippen molar-refractivity contribution in [3.05, 3.63) is 36.3 Å². The van der Waals surface area contributed by atoms with Gasteiger partial charge in [0.2, 0.25) is 0 Å². The van der Waals surface area contributed by atoms with Gasteiger partial charge in [-0.25, -0.2) is 0 Å². The zero-order valence-electron chi connectivity index (χ0n) is 11.4. The van der Waals surface area contributed by atoms with Crippen LogP contribution in [0.25, 0.3) is 0 Å². The number of nitrogens with two attached hydrogens (primary N) is 1. The predicted molar refractivity (Wildman–Crippen MR) is 74.9 cm³/mol. The van der Waals surface area contributed by atoms with Crippen molar-refractivity contribution in [2.24, 2.45) is 11.7 Å². The predicted octanol–water partition coefficient (Wildman–Crippen LogP) is 0.274. The van der Waals surface area contributed by atoms with Crippen molar-refractivity contribution >= 4 is 0 Å². The SMILES string of the molecule is N#CC1C=CCN(/C=C(\N)CNCC2OCCO2)C=C1. The number of nitrogens with zero attached hydrogens (tertiary/aromatic N) is 2. The molecule has 2 aliphatic heterocycles. The first-order valence-corrected chi connectivity index (χ1v) is 6.68. The molecule has 0 spiro atoms. The van der Waals surface area contributed by atoms with Crippen LogP contribution >= 0.6 is 0 Å². The van der Waals surface area contributed by atoms with E-state index in [1.54, 1.807) is 0 Å². The van der Waals surface area contributed by atoms with Gasteiger partial charge in [0.15, 0.2) is 6.29 Å². The molecule has 0 aliphatic carbocycles. The van der Waals surface area contributed by atoms with Gasteiger partial charge >= 0.3 is 0 Å². The molecule has 6 nitrogen and oxygen atoms in total. The highest BCUT2D eigenvalue weighted by molar-refractivity contribution is 5.16. The smallest absolute Gasteiger partial charge is 0.170 e. The summed E-state index contributed by atoms with van der Waals surface area (Å²) in [5.74, 6) is -0.163. The zero-order chi connectivity index (χ0) is 14.2. The molecule has 1 atom stereocenters. The largest absolute Gasteiger partial charge is 0.400 e. The lowest BCUT2D eigenvalue weighted by Gasteiger charge is -2.15. The normalized spacial score (nSPS) is 23.9. The quantitative estimate of drug-likeness (QED) is 0.702. The number of nitrogens with one attached hydrogen (secondary N) is 1. The van der Waals surface area contributed by atoms with E-state index in [0.29, 0.717) is 32.8 Å². The van der Waals surface area contributed by atoms with Crippen LogP contribution in [0.5, 0.6) is 0 Å². The maximum atomic E-state index is 8.86. The van der Waals surface area contributed by atoms with E-state index in [1.165, 1.54) is 0 Å². The Bertz CT molecular complexity index is 433. The van der Waals surface area contributed by atoms with Gasteiger partial charge in [0.25, 0.3) is 0 Å². The summed E-state index contributed by atoms with van der Waals surface area (Å²) in [6.07, 6.45) is 9.27. The zero-order valence-corrected chi connectivity index (χ0v) is 11.4. The molecular formula is C14H20N4O2. The lowest BCUT2D eigenvalue weighted by Crippen LogP contribution is -2.31. The third kappa shape index (κ3) is 4.70. The lowest BCUT2D eigenvalue weighted by molar-refractivity contribution is -0.0385. The summed E-state index contributed by atoms with van der Waals surface area (Å²) >= 11 is 0. The van der Waals surface area contributed by atoms with Crippen LogP contribution in [0.3, 0.4) is 0 Å². The molecule has 0 aromatic rings. The molecule has 6 heteroatoms. The summed E-state index contributed by atoms with van der Waals surface area (Å²) in [7, 11) is 0. The van der Waals surface area contributed by atoms with E-state index in [1.807, 2.05) is 35.5 Å². The van der Waals surface area contributed by atoms with Crippen LogP contribution in [0.2, 0.25) is 0 Å². The van der Waals surface area contributed by atoms with E-state index in [0.717, 1.165) is 5.70 Å². The Morgan fingerprint density at radius 3 is 3.00 bits per heavy atom. The Morgan fingerprint density at radius 1 is 1.45 bits per heavy atom. The Labute approximate surface area is 119 Å². The molecule has 2 heterocycles. The van der Waals surface area contributed by atoms with Gasteiger partial charge in [-0.05, 0) is 6.08 Å². The molecular weight excluding hydrogens is 256 g/mol. The second-order valence-electron chi connectivity index (χ2n) is 4.63. The van der Waals surface area contributed by atoms with Gasteiger partial charge in [0.1, 0.15) is 0 Å². The Balaban J connectivity index is 1.75. The molecule has 1 saturated heterocycles. The monoisotopic (exact) mass is 276 g/mol. The van der Waals surface area contributed by atoms with Crippen molar-refractivity contribution in [1.29, 1.82) is 5.26 Å². The molecule has 0 radical (unpaired) electrons. The summed E-state index contributed by atoms with van der Waals surface area (Å²) in [6, 6.07) is 2.19. The molecule has 1 fully saturated rings. The van der Waals surface area contributed by atoms with E-state index in [9.17, 15) is 0 Å². The standard InChI is InChI=1S/C14H20N4O2/c15-8-12-2-1-4-18(5-3-12)11-13(16)9-17-10-14-19-6-7-20-14/h1-3,5,11-12,14,17H,4,6-7,9-10,16H2/b13-11-. The molecule has 0 bridgehead atoms. The molecule has 0 amide bonds. The van der Waals surface area contributed by atoms with Gasteiger partial charge in [-0.2, -0.15) is 5.26 Å². The summed E-state index contributed by atoms with van der Waals surface area (Å²) in [5, 5.41) is 12.0. The summed E-state index contributed by atoms with van der Waals surface area (Å²) in [4.78, 5) is 1.95. The number of allylic oxidation sites excluding steroid dienone is 2. The van der Waals surface area contributed by atoms with Crippen molar-refractivity contribution < 1.29 is 9.47 Å². The topological polar surface area (TPSA) is 83.5 Å². The maximum Gasteiger partial charge on any atom is 0.170 e. The fourth-order valence-electron chi connectivity index (χ4n) is 1.96. The van der Waals surface area contributed by atoms with Crippen molar-refractivity contribution in [3.8, 4) is 6.07 Å². The highest BCUT2D eigenvalue weighted by atomic mass is 16.7. The fraction of sp³-hybridized carbons (Fsp3) is 0.500. The van der Waals surface area contributed by atoms with Gasteiger partial charge in [0.05, 0.1) is 25.2 Å². The number of hydrogen-bond acceptors (Lipinski definition) is 6. The highest BCUT2D eigenvalue weighted by Crippen LogP contribution is 2.07. The van der Waals surface area contributed by atoms with Gasteiger partial charge in [0, 0.05) is 37.7 Å². The molecule has 1 unspecified atom stereocenters. The molecule has 0 aromatic carbocycles. The average Bonchev–Trinajstić information content (AvgIpc) is 2.85. The minimum absolute atomic E-state index is 0.163. The number of rotatable bonds is 5. The van der Waals surface area contributed by atoms with Gasteiger partial charge in [-0.3, -0.25) is 0 Å². The van der Waals surface area contributed by atoms with Crippen LogP contribution in [0.15, 0.2) is 36.3 Å². The molecule has 20 heavy (non-hydrogen) atoms. The van der Waals surface area contributed by atoms with Gasteiger partial charge in [-0.1, -0.05) is 12.2 Å². The number of hydrogen-bond donors (Lipinski definition) is 2. The Morgan fingerprint density at radius 2 is 2.25 bits per heavy atom. The first-order valence-electron chi connectivity index (χ1n) is 6.68. The molecule has 0 saturated carbocycles. The highest BCUT2D eigenvalue weighted by Gasteiger charge is 2.14. The first-order chi connectivity index (χ1) is 9.78. The Hall–Kier alpha value is -1.81. The molecule has 108 valence electrons. The number of ether oxygens (including phenoxy) is 2. The molecule has 2 rings (SSSR count). The summed E-state index contributed by atoms with van der Waals surface area (Å²) in [5.41, 5.74) is 6.68.